The van der Waals surface area contributed by atoms with Crippen LogP contribution in [0.1, 0.15) is 5.69 Å². The average molecular weight is 261 g/mol. The number of hydrogen-bond donors (Lipinski definition) is 1. The number of benzene rings is 1. The second-order valence-electron chi connectivity index (χ2n) is 4.06. The van der Waals surface area contributed by atoms with Gasteiger partial charge in [-0.2, -0.15) is 0 Å². The van der Waals surface area contributed by atoms with Crippen LogP contribution in [0.25, 0.3) is 5.69 Å². The summed E-state index contributed by atoms with van der Waals surface area (Å²) in [6, 6.07) is 4.59. The molecule has 0 amide bonds. The van der Waals surface area contributed by atoms with Gasteiger partial charge in [-0.1, -0.05) is 6.08 Å². The minimum atomic E-state index is -0.333. The largest absolute Gasteiger partial charge is 0.497 e. The molecule has 0 fully saturated rings. The van der Waals surface area contributed by atoms with Crippen molar-refractivity contribution in [2.75, 3.05) is 19.0 Å². The molecular formula is C14H16FN3O. The third-order valence-corrected chi connectivity index (χ3v) is 2.64. The van der Waals surface area contributed by atoms with Gasteiger partial charge in [-0.25, -0.2) is 9.37 Å². The van der Waals surface area contributed by atoms with Crippen LogP contribution < -0.4 is 10.1 Å². The lowest BCUT2D eigenvalue weighted by molar-refractivity contribution is 0.413. The van der Waals surface area contributed by atoms with Crippen molar-refractivity contribution in [1.29, 1.82) is 0 Å². The maximum atomic E-state index is 14.0. The van der Waals surface area contributed by atoms with Crippen molar-refractivity contribution in [2.45, 2.75) is 6.92 Å². The van der Waals surface area contributed by atoms with E-state index in [1.807, 2.05) is 6.92 Å². The maximum Gasteiger partial charge on any atom is 0.208 e. The third-order valence-electron chi connectivity index (χ3n) is 2.64. The highest BCUT2D eigenvalue weighted by molar-refractivity contribution is 5.47. The first-order valence-electron chi connectivity index (χ1n) is 5.90. The summed E-state index contributed by atoms with van der Waals surface area (Å²) in [4.78, 5) is 4.32. The van der Waals surface area contributed by atoms with E-state index < -0.39 is 0 Å². The number of anilines is 1. The van der Waals surface area contributed by atoms with Gasteiger partial charge in [0.25, 0.3) is 0 Å². The number of aromatic nitrogens is 2. The highest BCUT2D eigenvalue weighted by atomic mass is 19.1. The van der Waals surface area contributed by atoms with Gasteiger partial charge >= 0.3 is 0 Å². The minimum Gasteiger partial charge on any atom is -0.497 e. The van der Waals surface area contributed by atoms with E-state index in [0.29, 0.717) is 23.9 Å². The van der Waals surface area contributed by atoms with Gasteiger partial charge in [0, 0.05) is 18.8 Å². The Morgan fingerprint density at radius 1 is 1.53 bits per heavy atom. The van der Waals surface area contributed by atoms with E-state index in [2.05, 4.69) is 16.9 Å². The van der Waals surface area contributed by atoms with E-state index in [-0.39, 0.29) is 5.82 Å². The monoisotopic (exact) mass is 261 g/mol. The second kappa shape index (κ2) is 5.56. The number of methoxy groups -OCH3 is 1. The van der Waals surface area contributed by atoms with Crippen LogP contribution >= 0.6 is 0 Å². The molecule has 5 heteroatoms. The molecule has 0 aliphatic carbocycles. The topological polar surface area (TPSA) is 39.1 Å². The van der Waals surface area contributed by atoms with E-state index in [1.54, 1.807) is 36.1 Å². The summed E-state index contributed by atoms with van der Waals surface area (Å²) in [6.07, 6.45) is 3.49. The Kier molecular flexibility index (Phi) is 3.85. The van der Waals surface area contributed by atoms with Gasteiger partial charge in [-0.3, -0.25) is 4.57 Å². The van der Waals surface area contributed by atoms with E-state index in [4.69, 9.17) is 4.74 Å². The molecule has 0 saturated heterocycles. The van der Waals surface area contributed by atoms with Crippen LogP contribution in [0.5, 0.6) is 5.75 Å². The molecule has 0 aliphatic heterocycles. The Bertz CT molecular complexity index is 592. The molecule has 1 N–H and O–H groups in total. The van der Waals surface area contributed by atoms with Crippen LogP contribution in [-0.4, -0.2) is 23.2 Å². The predicted molar refractivity (Wildman–Crippen MR) is 73.5 cm³/mol. The van der Waals surface area contributed by atoms with E-state index in [0.717, 1.165) is 5.69 Å². The van der Waals surface area contributed by atoms with Gasteiger partial charge in [0.1, 0.15) is 11.6 Å². The van der Waals surface area contributed by atoms with Gasteiger partial charge in [0.2, 0.25) is 5.95 Å². The first-order chi connectivity index (χ1) is 9.15. The van der Waals surface area contributed by atoms with Crippen LogP contribution in [0, 0.1) is 12.7 Å². The summed E-state index contributed by atoms with van der Waals surface area (Å²) >= 11 is 0. The van der Waals surface area contributed by atoms with Crippen LogP contribution in [0.3, 0.4) is 0 Å². The van der Waals surface area contributed by atoms with Gasteiger partial charge in [-0.15, -0.1) is 6.58 Å². The normalized spacial score (nSPS) is 10.3. The fraction of sp³-hybridized carbons (Fsp3) is 0.214. The lowest BCUT2D eigenvalue weighted by Crippen LogP contribution is -2.07. The standard InChI is InChI=1S/C14H16FN3O/c1-4-7-16-14-17-10(2)9-18(14)13-8-11(19-3)5-6-12(13)15/h4-6,8-9H,1,7H2,2-3H3,(H,16,17). The third kappa shape index (κ3) is 2.76. The van der Waals surface area contributed by atoms with E-state index in [9.17, 15) is 4.39 Å². The lowest BCUT2D eigenvalue weighted by Gasteiger charge is -2.10. The number of nitrogens with zero attached hydrogens (tertiary/aromatic N) is 2. The number of hydrogen-bond acceptors (Lipinski definition) is 3. The first-order valence-corrected chi connectivity index (χ1v) is 5.90. The predicted octanol–water partition coefficient (Wildman–Crippen LogP) is 2.93. The quantitative estimate of drug-likeness (QED) is 0.841. The van der Waals surface area contributed by atoms with Crippen molar-refractivity contribution in [1.82, 2.24) is 9.55 Å². The number of ether oxygens (including phenoxy) is 1. The van der Waals surface area contributed by atoms with Crippen LogP contribution in [0.15, 0.2) is 37.1 Å². The molecule has 1 heterocycles. The molecule has 0 radical (unpaired) electrons. The van der Waals surface area contributed by atoms with Crippen LogP contribution in [0.4, 0.5) is 10.3 Å². The SMILES string of the molecule is C=CCNc1nc(C)cn1-c1cc(OC)ccc1F. The minimum absolute atomic E-state index is 0.333. The van der Waals surface area contributed by atoms with Crippen molar-refractivity contribution in [2.24, 2.45) is 0 Å². The van der Waals surface area contributed by atoms with Crippen molar-refractivity contribution in [3.63, 3.8) is 0 Å². The zero-order valence-electron chi connectivity index (χ0n) is 11.0. The molecule has 2 rings (SSSR count). The molecule has 19 heavy (non-hydrogen) atoms. The fourth-order valence-electron chi connectivity index (χ4n) is 1.77. The number of halogens is 1. The number of imidazole rings is 1. The summed E-state index contributed by atoms with van der Waals surface area (Å²) in [7, 11) is 1.55. The van der Waals surface area contributed by atoms with E-state index in [1.165, 1.54) is 6.07 Å². The second-order valence-corrected chi connectivity index (χ2v) is 4.06. The Hall–Kier alpha value is -2.30. The average Bonchev–Trinajstić information content (AvgIpc) is 2.78. The molecule has 1 aromatic heterocycles. The lowest BCUT2D eigenvalue weighted by atomic mass is 10.3. The summed E-state index contributed by atoms with van der Waals surface area (Å²) in [5.41, 5.74) is 1.19. The summed E-state index contributed by atoms with van der Waals surface area (Å²) in [6.45, 7) is 6.05. The molecule has 0 spiro atoms. The zero-order chi connectivity index (χ0) is 13.8. The molecule has 4 nitrogen and oxygen atoms in total. The molecular weight excluding hydrogens is 245 g/mol. The van der Waals surface area contributed by atoms with Crippen molar-refractivity contribution < 1.29 is 9.13 Å². The summed E-state index contributed by atoms with van der Waals surface area (Å²) < 4.78 is 20.7. The molecule has 0 atom stereocenters. The van der Waals surface area contributed by atoms with Crippen molar-refractivity contribution in [3.8, 4) is 11.4 Å². The van der Waals surface area contributed by atoms with Gasteiger partial charge < -0.3 is 10.1 Å². The van der Waals surface area contributed by atoms with Gasteiger partial charge in [-0.05, 0) is 19.1 Å². The van der Waals surface area contributed by atoms with Gasteiger partial charge in [0.15, 0.2) is 0 Å². The fourth-order valence-corrected chi connectivity index (χ4v) is 1.77. The highest BCUT2D eigenvalue weighted by Gasteiger charge is 2.12. The maximum absolute atomic E-state index is 14.0. The highest BCUT2D eigenvalue weighted by Crippen LogP contribution is 2.23. The molecule has 0 bridgehead atoms. The summed E-state index contributed by atoms with van der Waals surface area (Å²) in [5.74, 6) is 0.835. The van der Waals surface area contributed by atoms with Crippen molar-refractivity contribution >= 4 is 5.95 Å². The summed E-state index contributed by atoms with van der Waals surface area (Å²) in [5, 5.41) is 3.07. The molecule has 2 aromatic rings. The molecule has 100 valence electrons. The molecule has 0 aliphatic rings. The zero-order valence-corrected chi connectivity index (χ0v) is 11.0. The smallest absolute Gasteiger partial charge is 0.208 e. The Balaban J connectivity index is 2.48. The van der Waals surface area contributed by atoms with Gasteiger partial charge in [0.05, 0.1) is 18.5 Å². The first kappa shape index (κ1) is 13.1. The Morgan fingerprint density at radius 2 is 2.32 bits per heavy atom. The molecule has 1 aromatic carbocycles. The number of nitrogens with one attached hydrogen (secondary N) is 1. The molecule has 0 unspecified atom stereocenters. The number of rotatable bonds is 5. The van der Waals surface area contributed by atoms with E-state index >= 15 is 0 Å². The van der Waals surface area contributed by atoms with Crippen LogP contribution in [-0.2, 0) is 0 Å². The van der Waals surface area contributed by atoms with Crippen LogP contribution in [0.2, 0.25) is 0 Å². The molecule has 0 saturated carbocycles. The van der Waals surface area contributed by atoms with Crippen molar-refractivity contribution in [3.05, 3.63) is 48.6 Å². The Morgan fingerprint density at radius 3 is 3.00 bits per heavy atom. The Labute approximate surface area is 111 Å². The number of aryl methyl sites for hydroxylation is 1.